The van der Waals surface area contributed by atoms with E-state index in [2.05, 4.69) is 36.6 Å². The fourth-order valence-corrected chi connectivity index (χ4v) is 4.76. The zero-order valence-electron chi connectivity index (χ0n) is 23.3. The monoisotopic (exact) mass is 538 g/mol. The first-order valence-corrected chi connectivity index (χ1v) is 13.5. The van der Waals surface area contributed by atoms with Crippen LogP contribution in [0.5, 0.6) is 11.5 Å². The molecular formula is C34H38N2O4. The lowest BCUT2D eigenvalue weighted by atomic mass is 9.93. The smallest absolute Gasteiger partial charge is 0.224 e. The van der Waals surface area contributed by atoms with Gasteiger partial charge in [0.15, 0.2) is 0 Å². The number of aliphatic hydroxyl groups is 1. The summed E-state index contributed by atoms with van der Waals surface area (Å²) in [5, 5.41) is 36.4. The maximum atomic E-state index is 12.7. The third-order valence-electron chi connectivity index (χ3n) is 7.00. The van der Waals surface area contributed by atoms with Crippen molar-refractivity contribution >= 4 is 5.91 Å². The van der Waals surface area contributed by atoms with Gasteiger partial charge in [0, 0.05) is 18.6 Å². The number of nitrogens with one attached hydrogen (secondary N) is 2. The average molecular weight is 539 g/mol. The number of amides is 1. The summed E-state index contributed by atoms with van der Waals surface area (Å²) in [5.74, 6) is 0.407. The number of aliphatic hydroxyl groups excluding tert-OH is 1. The number of hydrogen-bond acceptors (Lipinski definition) is 5. The van der Waals surface area contributed by atoms with E-state index in [-0.39, 0.29) is 29.4 Å². The number of benzene rings is 4. The molecule has 208 valence electrons. The van der Waals surface area contributed by atoms with Gasteiger partial charge in [-0.2, -0.15) is 0 Å². The van der Waals surface area contributed by atoms with Crippen molar-refractivity contribution in [3.8, 4) is 22.6 Å². The molecule has 0 saturated carbocycles. The van der Waals surface area contributed by atoms with Crippen molar-refractivity contribution in [1.82, 2.24) is 10.6 Å². The molecule has 40 heavy (non-hydrogen) atoms. The number of β-amino-alcohol motifs (C(OH)–C–C–N with tert-alkyl or cyclic N) is 1. The Balaban J connectivity index is 1.29. The number of carbonyl (C=O) groups is 1. The first-order chi connectivity index (χ1) is 19.1. The maximum Gasteiger partial charge on any atom is 0.224 e. The SMILES string of the molecule is Cc1cc(C(O)CNC(C)(C)Cc2cccc(CC(=O)NCc3cccc(-c4ccc(O)cc4)c3)c2)ccc1O. The van der Waals surface area contributed by atoms with E-state index in [0.717, 1.165) is 45.4 Å². The highest BCUT2D eigenvalue weighted by Gasteiger charge is 2.20. The third kappa shape index (κ3) is 8.18. The van der Waals surface area contributed by atoms with Crippen LogP contribution < -0.4 is 10.6 Å². The van der Waals surface area contributed by atoms with Crippen LogP contribution in [-0.4, -0.2) is 33.3 Å². The molecule has 6 heteroatoms. The van der Waals surface area contributed by atoms with Gasteiger partial charge >= 0.3 is 0 Å². The van der Waals surface area contributed by atoms with E-state index < -0.39 is 6.10 Å². The number of aromatic hydroxyl groups is 2. The third-order valence-corrected chi connectivity index (χ3v) is 7.00. The lowest BCUT2D eigenvalue weighted by Crippen LogP contribution is -2.43. The number of aryl methyl sites for hydroxylation is 1. The molecule has 0 aliphatic heterocycles. The summed E-state index contributed by atoms with van der Waals surface area (Å²) >= 11 is 0. The molecule has 0 spiro atoms. The van der Waals surface area contributed by atoms with E-state index in [4.69, 9.17) is 0 Å². The number of phenolic OH excluding ortho intramolecular Hbond substituents is 2. The van der Waals surface area contributed by atoms with Crippen LogP contribution in [-0.2, 0) is 24.2 Å². The molecule has 0 fully saturated rings. The van der Waals surface area contributed by atoms with Crippen molar-refractivity contribution in [1.29, 1.82) is 0 Å². The molecule has 5 N–H and O–H groups in total. The minimum Gasteiger partial charge on any atom is -0.508 e. The van der Waals surface area contributed by atoms with E-state index in [1.54, 1.807) is 30.3 Å². The maximum absolute atomic E-state index is 12.7. The minimum atomic E-state index is -0.685. The standard InChI is InChI=1S/C34H38N2O4/c1-23-16-29(12-15-31(23)38)32(39)22-36-34(2,3)20-25-7-4-6-24(17-25)19-33(40)35-21-26-8-5-9-28(18-26)27-10-13-30(37)14-11-27/h4-18,32,36-39H,19-22H2,1-3H3,(H,35,40). The molecule has 4 rings (SSSR count). The van der Waals surface area contributed by atoms with Gasteiger partial charge in [0.25, 0.3) is 0 Å². The van der Waals surface area contributed by atoms with Crippen molar-refractivity contribution in [3.05, 3.63) is 119 Å². The van der Waals surface area contributed by atoms with Gasteiger partial charge in [0.05, 0.1) is 12.5 Å². The summed E-state index contributed by atoms with van der Waals surface area (Å²) in [6, 6.07) is 28.3. The van der Waals surface area contributed by atoms with E-state index >= 15 is 0 Å². The molecular weight excluding hydrogens is 500 g/mol. The van der Waals surface area contributed by atoms with Crippen LogP contribution in [0.2, 0.25) is 0 Å². The van der Waals surface area contributed by atoms with Crippen molar-refractivity contribution < 1.29 is 20.1 Å². The lowest BCUT2D eigenvalue weighted by Gasteiger charge is -2.28. The van der Waals surface area contributed by atoms with Crippen LogP contribution in [0.4, 0.5) is 0 Å². The quantitative estimate of drug-likeness (QED) is 0.172. The highest BCUT2D eigenvalue weighted by molar-refractivity contribution is 5.78. The first-order valence-electron chi connectivity index (χ1n) is 13.5. The average Bonchev–Trinajstić information content (AvgIpc) is 2.93. The summed E-state index contributed by atoms with van der Waals surface area (Å²) in [6.45, 7) is 6.81. The molecule has 1 amide bonds. The molecule has 0 aliphatic rings. The molecule has 6 nitrogen and oxygen atoms in total. The Morgan fingerprint density at radius 2 is 1.52 bits per heavy atom. The summed E-state index contributed by atoms with van der Waals surface area (Å²) in [7, 11) is 0. The Hall–Kier alpha value is -4.13. The van der Waals surface area contributed by atoms with Crippen LogP contribution in [0.1, 0.15) is 47.8 Å². The van der Waals surface area contributed by atoms with E-state index in [9.17, 15) is 20.1 Å². The van der Waals surface area contributed by atoms with Crippen LogP contribution in [0, 0.1) is 6.92 Å². The van der Waals surface area contributed by atoms with E-state index in [1.165, 1.54) is 0 Å². The van der Waals surface area contributed by atoms with Gasteiger partial charge in [-0.1, -0.05) is 60.7 Å². The summed E-state index contributed by atoms with van der Waals surface area (Å²) in [5.41, 5.74) is 6.31. The van der Waals surface area contributed by atoms with Gasteiger partial charge in [-0.25, -0.2) is 0 Å². The Morgan fingerprint density at radius 3 is 2.27 bits per heavy atom. The van der Waals surface area contributed by atoms with Crippen LogP contribution in [0.25, 0.3) is 11.1 Å². The fraction of sp³-hybridized carbons (Fsp3) is 0.265. The van der Waals surface area contributed by atoms with Gasteiger partial charge in [-0.15, -0.1) is 0 Å². The molecule has 0 radical (unpaired) electrons. The molecule has 0 aliphatic carbocycles. The number of phenols is 2. The molecule has 0 bridgehead atoms. The van der Waals surface area contributed by atoms with E-state index in [0.29, 0.717) is 13.1 Å². The Kier molecular flexibility index (Phi) is 9.25. The second kappa shape index (κ2) is 12.8. The van der Waals surface area contributed by atoms with Crippen LogP contribution >= 0.6 is 0 Å². The molecule has 0 heterocycles. The van der Waals surface area contributed by atoms with Gasteiger partial charge in [0.2, 0.25) is 5.91 Å². The lowest BCUT2D eigenvalue weighted by molar-refractivity contribution is -0.120. The zero-order valence-corrected chi connectivity index (χ0v) is 23.3. The van der Waals surface area contributed by atoms with Gasteiger partial charge in [-0.05, 0) is 96.5 Å². The second-order valence-electron chi connectivity index (χ2n) is 11.0. The first kappa shape index (κ1) is 28.9. The van der Waals surface area contributed by atoms with Crippen molar-refractivity contribution in [2.75, 3.05) is 6.54 Å². The predicted molar refractivity (Wildman–Crippen MR) is 159 cm³/mol. The van der Waals surface area contributed by atoms with Crippen LogP contribution in [0.15, 0.2) is 91.0 Å². The van der Waals surface area contributed by atoms with Crippen LogP contribution in [0.3, 0.4) is 0 Å². The zero-order chi connectivity index (χ0) is 28.7. The Morgan fingerprint density at radius 1 is 0.825 bits per heavy atom. The Bertz CT molecular complexity index is 1450. The molecule has 1 unspecified atom stereocenters. The van der Waals surface area contributed by atoms with Crippen molar-refractivity contribution in [3.63, 3.8) is 0 Å². The summed E-state index contributed by atoms with van der Waals surface area (Å²) < 4.78 is 0. The van der Waals surface area contributed by atoms with Gasteiger partial charge in [-0.3, -0.25) is 4.79 Å². The van der Waals surface area contributed by atoms with Crippen molar-refractivity contribution in [2.45, 2.75) is 51.8 Å². The molecule has 4 aromatic rings. The highest BCUT2D eigenvalue weighted by atomic mass is 16.3. The topological polar surface area (TPSA) is 102 Å². The van der Waals surface area contributed by atoms with Gasteiger partial charge < -0.3 is 26.0 Å². The van der Waals surface area contributed by atoms with E-state index in [1.807, 2.05) is 55.5 Å². The molecule has 1 atom stereocenters. The minimum absolute atomic E-state index is 0.0446. The second-order valence-corrected chi connectivity index (χ2v) is 11.0. The normalized spacial score (nSPS) is 12.2. The predicted octanol–water partition coefficient (Wildman–Crippen LogP) is 5.58. The Labute approximate surface area is 236 Å². The number of rotatable bonds is 11. The molecule has 0 aromatic heterocycles. The fourth-order valence-electron chi connectivity index (χ4n) is 4.76. The van der Waals surface area contributed by atoms with Crippen molar-refractivity contribution in [2.24, 2.45) is 0 Å². The summed E-state index contributed by atoms with van der Waals surface area (Å²) in [6.07, 6.45) is 0.335. The molecule has 4 aromatic carbocycles. The number of carbonyl (C=O) groups excluding carboxylic acids is 1. The van der Waals surface area contributed by atoms with Gasteiger partial charge in [0.1, 0.15) is 11.5 Å². The number of hydrogen-bond donors (Lipinski definition) is 5. The highest BCUT2D eigenvalue weighted by Crippen LogP contribution is 2.24. The largest absolute Gasteiger partial charge is 0.508 e. The summed E-state index contributed by atoms with van der Waals surface area (Å²) in [4.78, 5) is 12.7. The molecule has 0 saturated heterocycles.